The van der Waals surface area contributed by atoms with Crippen molar-refractivity contribution in [1.82, 2.24) is 14.6 Å². The Kier molecular flexibility index (Phi) is 5.14. The van der Waals surface area contributed by atoms with Gasteiger partial charge in [0.15, 0.2) is 5.65 Å². The van der Waals surface area contributed by atoms with E-state index < -0.39 is 11.9 Å². The number of amides is 1. The number of nitrogens with zero attached hydrogens (tertiary/aromatic N) is 3. The lowest BCUT2D eigenvalue weighted by Crippen LogP contribution is -2.22. The van der Waals surface area contributed by atoms with Gasteiger partial charge in [-0.1, -0.05) is 31.5 Å². The lowest BCUT2D eigenvalue weighted by Gasteiger charge is -2.17. The number of hydrogen-bond donors (Lipinski definition) is 2. The third kappa shape index (κ3) is 3.26. The van der Waals surface area contributed by atoms with Crippen molar-refractivity contribution in [2.45, 2.75) is 33.6 Å². The molecule has 0 atom stereocenters. The van der Waals surface area contributed by atoms with Crippen LogP contribution in [0.4, 0.5) is 5.69 Å². The molecule has 0 spiro atoms. The fourth-order valence-corrected chi connectivity index (χ4v) is 3.44. The molecule has 2 N–H and O–H groups in total. The van der Waals surface area contributed by atoms with Crippen LogP contribution in [0.15, 0.2) is 24.4 Å². The Hall–Kier alpha value is -2.93. The number of anilines is 1. The molecule has 0 saturated carbocycles. The maximum Gasteiger partial charge on any atom is 0.339 e. The van der Waals surface area contributed by atoms with Gasteiger partial charge in [-0.3, -0.25) is 4.79 Å². The highest BCUT2D eigenvalue weighted by Crippen LogP contribution is 2.30. The van der Waals surface area contributed by atoms with Crippen molar-refractivity contribution in [3.63, 3.8) is 0 Å². The summed E-state index contributed by atoms with van der Waals surface area (Å²) in [6.45, 7) is 5.51. The SMILES string of the molecule is CCc1ccc(Cl)c(CC)c1NC(=O)c1nc2ccnn2c(C)c1C(=O)O. The summed E-state index contributed by atoms with van der Waals surface area (Å²) in [4.78, 5) is 29.0. The first kappa shape index (κ1) is 18.8. The van der Waals surface area contributed by atoms with Crippen LogP contribution in [0.1, 0.15) is 51.5 Å². The van der Waals surface area contributed by atoms with Crippen LogP contribution < -0.4 is 5.32 Å². The van der Waals surface area contributed by atoms with Crippen molar-refractivity contribution in [3.05, 3.63) is 57.5 Å². The lowest BCUT2D eigenvalue weighted by molar-refractivity contribution is 0.0690. The minimum Gasteiger partial charge on any atom is -0.478 e. The Balaban J connectivity index is 2.14. The van der Waals surface area contributed by atoms with Gasteiger partial charge >= 0.3 is 5.97 Å². The zero-order valence-corrected chi connectivity index (χ0v) is 16.0. The number of carboxylic acids is 1. The second-order valence-electron chi connectivity index (χ2n) is 6.05. The predicted molar refractivity (Wildman–Crippen MR) is 103 cm³/mol. The van der Waals surface area contributed by atoms with Gasteiger partial charge in [0.25, 0.3) is 5.91 Å². The van der Waals surface area contributed by atoms with E-state index in [0.717, 1.165) is 11.1 Å². The number of carbonyl (C=O) groups excluding carboxylic acids is 1. The van der Waals surface area contributed by atoms with E-state index in [1.54, 1.807) is 19.1 Å². The normalized spacial score (nSPS) is 11.0. The Bertz CT molecular complexity index is 1060. The molecule has 0 aliphatic carbocycles. The minimum absolute atomic E-state index is 0.155. The highest BCUT2D eigenvalue weighted by Gasteiger charge is 2.25. The predicted octanol–water partition coefficient (Wildman–Crippen LogP) is 3.77. The molecule has 27 heavy (non-hydrogen) atoms. The topological polar surface area (TPSA) is 96.6 Å². The zero-order valence-electron chi connectivity index (χ0n) is 15.2. The Morgan fingerprint density at radius 3 is 2.59 bits per heavy atom. The molecule has 2 aromatic heterocycles. The van der Waals surface area contributed by atoms with Crippen LogP contribution >= 0.6 is 11.6 Å². The van der Waals surface area contributed by atoms with Gasteiger partial charge in [0.1, 0.15) is 11.3 Å². The van der Waals surface area contributed by atoms with E-state index in [1.807, 2.05) is 19.9 Å². The fourth-order valence-electron chi connectivity index (χ4n) is 3.15. The number of aryl methyl sites for hydroxylation is 2. The maximum absolute atomic E-state index is 13.0. The first-order chi connectivity index (χ1) is 12.9. The third-order valence-corrected chi connectivity index (χ3v) is 4.86. The van der Waals surface area contributed by atoms with Crippen LogP contribution in [0.2, 0.25) is 5.02 Å². The van der Waals surface area contributed by atoms with Gasteiger partial charge in [-0.05, 0) is 37.0 Å². The molecular formula is C19H19ClN4O3. The maximum atomic E-state index is 13.0. The minimum atomic E-state index is -1.24. The molecule has 0 fully saturated rings. The molecule has 8 heteroatoms. The highest BCUT2D eigenvalue weighted by atomic mass is 35.5. The summed E-state index contributed by atoms with van der Waals surface area (Å²) >= 11 is 6.29. The third-order valence-electron chi connectivity index (χ3n) is 4.51. The largest absolute Gasteiger partial charge is 0.478 e. The van der Waals surface area contributed by atoms with Crippen LogP contribution in [-0.4, -0.2) is 31.6 Å². The Morgan fingerprint density at radius 2 is 1.96 bits per heavy atom. The van der Waals surface area contributed by atoms with Gasteiger partial charge in [-0.15, -0.1) is 0 Å². The molecule has 7 nitrogen and oxygen atoms in total. The number of aromatic nitrogens is 3. The average Bonchev–Trinajstić information content (AvgIpc) is 3.10. The Labute approximate surface area is 161 Å². The first-order valence-electron chi connectivity index (χ1n) is 8.58. The van der Waals surface area contributed by atoms with Crippen LogP contribution in [0.3, 0.4) is 0 Å². The molecule has 0 aliphatic rings. The van der Waals surface area contributed by atoms with Crippen LogP contribution in [0.5, 0.6) is 0 Å². The van der Waals surface area contributed by atoms with E-state index in [4.69, 9.17) is 11.6 Å². The monoisotopic (exact) mass is 386 g/mol. The zero-order chi connectivity index (χ0) is 19.7. The van der Waals surface area contributed by atoms with Gasteiger partial charge in [-0.25, -0.2) is 14.3 Å². The molecule has 1 aromatic carbocycles. The summed E-state index contributed by atoms with van der Waals surface area (Å²) in [7, 11) is 0. The summed E-state index contributed by atoms with van der Waals surface area (Å²) < 4.78 is 1.40. The molecule has 3 aromatic rings. The van der Waals surface area contributed by atoms with E-state index in [-0.39, 0.29) is 11.3 Å². The van der Waals surface area contributed by atoms with Gasteiger partial charge < -0.3 is 10.4 Å². The molecule has 0 aliphatic heterocycles. The summed E-state index contributed by atoms with van der Waals surface area (Å²) in [6.07, 6.45) is 2.83. The molecule has 140 valence electrons. The van der Waals surface area contributed by atoms with E-state index in [0.29, 0.717) is 34.9 Å². The smallest absolute Gasteiger partial charge is 0.339 e. The van der Waals surface area contributed by atoms with E-state index in [9.17, 15) is 14.7 Å². The number of carbonyl (C=O) groups is 2. The number of nitrogens with one attached hydrogen (secondary N) is 1. The van der Waals surface area contributed by atoms with Crippen molar-refractivity contribution < 1.29 is 14.7 Å². The molecular weight excluding hydrogens is 368 g/mol. The van der Waals surface area contributed by atoms with Crippen LogP contribution in [-0.2, 0) is 12.8 Å². The molecule has 0 bridgehead atoms. The van der Waals surface area contributed by atoms with Crippen molar-refractivity contribution in [2.24, 2.45) is 0 Å². The van der Waals surface area contributed by atoms with E-state index in [1.165, 1.54) is 10.7 Å². The van der Waals surface area contributed by atoms with Crippen molar-refractivity contribution >= 4 is 34.8 Å². The number of aromatic carboxylic acids is 1. The quantitative estimate of drug-likeness (QED) is 0.695. The van der Waals surface area contributed by atoms with Gasteiger partial charge in [0.2, 0.25) is 0 Å². The number of carboxylic acid groups (broad SMARTS) is 1. The molecule has 2 heterocycles. The van der Waals surface area contributed by atoms with Crippen molar-refractivity contribution in [1.29, 1.82) is 0 Å². The highest BCUT2D eigenvalue weighted by molar-refractivity contribution is 6.32. The van der Waals surface area contributed by atoms with Crippen molar-refractivity contribution in [2.75, 3.05) is 5.32 Å². The number of hydrogen-bond acceptors (Lipinski definition) is 4. The van der Waals surface area contributed by atoms with Gasteiger partial charge in [-0.2, -0.15) is 5.10 Å². The van der Waals surface area contributed by atoms with Crippen LogP contribution in [0.25, 0.3) is 5.65 Å². The van der Waals surface area contributed by atoms with Crippen LogP contribution in [0, 0.1) is 6.92 Å². The second kappa shape index (κ2) is 7.36. The van der Waals surface area contributed by atoms with Crippen molar-refractivity contribution in [3.8, 4) is 0 Å². The first-order valence-corrected chi connectivity index (χ1v) is 8.96. The average molecular weight is 387 g/mol. The summed E-state index contributed by atoms with van der Waals surface area (Å²) in [6, 6.07) is 5.27. The molecule has 3 rings (SSSR count). The number of rotatable bonds is 5. The molecule has 0 unspecified atom stereocenters. The van der Waals surface area contributed by atoms with Gasteiger partial charge in [0, 0.05) is 16.8 Å². The summed E-state index contributed by atoms with van der Waals surface area (Å²) in [5, 5.41) is 17.1. The second-order valence-corrected chi connectivity index (χ2v) is 6.46. The van der Waals surface area contributed by atoms with Gasteiger partial charge in [0.05, 0.1) is 11.9 Å². The molecule has 0 saturated heterocycles. The van der Waals surface area contributed by atoms with E-state index in [2.05, 4.69) is 15.4 Å². The molecule has 1 amide bonds. The van der Waals surface area contributed by atoms with E-state index >= 15 is 0 Å². The number of fused-ring (bicyclic) bond motifs is 1. The lowest BCUT2D eigenvalue weighted by atomic mass is 10.0. The number of halogens is 1. The fraction of sp³-hybridized carbons (Fsp3) is 0.263. The number of benzene rings is 1. The Morgan fingerprint density at radius 1 is 1.22 bits per heavy atom. The summed E-state index contributed by atoms with van der Waals surface area (Å²) in [5.74, 6) is -1.83. The molecule has 0 radical (unpaired) electrons. The summed E-state index contributed by atoms with van der Waals surface area (Å²) in [5.41, 5.74) is 2.74. The standard InChI is InChI=1S/C19H19ClN4O3/c1-4-11-6-7-13(20)12(5-2)16(11)23-18(25)17-15(19(26)27)10(3)24-14(22-17)8-9-21-24/h6-9H,4-5H2,1-3H3,(H,23,25)(H,26,27).